The zero-order valence-corrected chi connectivity index (χ0v) is 16.6. The van der Waals surface area contributed by atoms with Crippen molar-refractivity contribution >= 4 is 29.3 Å². The molecular formula is C21H23N7O2. The number of carbonyl (C=O) groups excluding carboxylic acids is 2. The lowest BCUT2D eigenvalue weighted by Crippen LogP contribution is -2.38. The molecule has 9 nitrogen and oxygen atoms in total. The van der Waals surface area contributed by atoms with E-state index in [0.717, 1.165) is 0 Å². The molecule has 0 saturated heterocycles. The van der Waals surface area contributed by atoms with E-state index < -0.39 is 0 Å². The van der Waals surface area contributed by atoms with Gasteiger partial charge >= 0.3 is 0 Å². The van der Waals surface area contributed by atoms with Crippen molar-refractivity contribution in [3.8, 4) is 0 Å². The van der Waals surface area contributed by atoms with Gasteiger partial charge in [-0.05, 0) is 31.2 Å². The number of hydrogen-bond donors (Lipinski definition) is 4. The van der Waals surface area contributed by atoms with Gasteiger partial charge in [0, 0.05) is 30.9 Å². The molecule has 4 N–H and O–H groups in total. The first-order valence-electron chi connectivity index (χ1n) is 9.48. The van der Waals surface area contributed by atoms with Crippen LogP contribution in [0.2, 0.25) is 0 Å². The molecule has 0 bridgehead atoms. The summed E-state index contributed by atoms with van der Waals surface area (Å²) in [4.78, 5) is 36.7. The Labute approximate surface area is 174 Å². The highest BCUT2D eigenvalue weighted by Crippen LogP contribution is 2.15. The van der Waals surface area contributed by atoms with Gasteiger partial charge in [-0.2, -0.15) is 0 Å². The molecule has 0 aliphatic carbocycles. The summed E-state index contributed by atoms with van der Waals surface area (Å²) in [6.07, 6.45) is 1.69. The maximum Gasteiger partial charge on any atom is 0.251 e. The number of aromatic nitrogens is 3. The van der Waals surface area contributed by atoms with Gasteiger partial charge in [0.1, 0.15) is 23.3 Å². The zero-order chi connectivity index (χ0) is 21.2. The maximum atomic E-state index is 11.9. The van der Waals surface area contributed by atoms with E-state index in [-0.39, 0.29) is 18.4 Å². The second-order valence-electron chi connectivity index (χ2n) is 6.35. The molecule has 1 aromatic carbocycles. The smallest absolute Gasteiger partial charge is 0.251 e. The molecule has 0 unspecified atom stereocenters. The highest BCUT2D eigenvalue weighted by molar-refractivity contribution is 5.96. The van der Waals surface area contributed by atoms with E-state index in [1.54, 1.807) is 43.5 Å². The van der Waals surface area contributed by atoms with Crippen molar-refractivity contribution in [3.63, 3.8) is 0 Å². The second kappa shape index (κ2) is 10.5. The zero-order valence-electron chi connectivity index (χ0n) is 16.6. The molecule has 9 heteroatoms. The largest absolute Gasteiger partial charge is 0.368 e. The van der Waals surface area contributed by atoms with Crippen LogP contribution in [0.5, 0.6) is 0 Å². The first-order chi connectivity index (χ1) is 14.6. The van der Waals surface area contributed by atoms with Gasteiger partial charge in [-0.25, -0.2) is 15.0 Å². The lowest BCUT2D eigenvalue weighted by molar-refractivity contribution is -0.120. The van der Waals surface area contributed by atoms with Crippen molar-refractivity contribution in [2.75, 3.05) is 30.3 Å². The second-order valence-corrected chi connectivity index (χ2v) is 6.35. The fraction of sp³-hybridized carbons (Fsp3) is 0.190. The van der Waals surface area contributed by atoms with Crippen molar-refractivity contribution in [1.29, 1.82) is 0 Å². The highest BCUT2D eigenvalue weighted by Gasteiger charge is 2.07. The number of carbonyl (C=O) groups is 2. The van der Waals surface area contributed by atoms with Crippen molar-refractivity contribution < 1.29 is 9.59 Å². The minimum Gasteiger partial charge on any atom is -0.368 e. The van der Waals surface area contributed by atoms with Crippen LogP contribution in [-0.2, 0) is 4.79 Å². The maximum absolute atomic E-state index is 11.9. The number of pyridine rings is 1. The van der Waals surface area contributed by atoms with Crippen molar-refractivity contribution in [1.82, 2.24) is 25.6 Å². The molecule has 0 aliphatic heterocycles. The lowest BCUT2D eigenvalue weighted by atomic mass is 10.2. The number of hydrogen-bond acceptors (Lipinski definition) is 7. The van der Waals surface area contributed by atoms with Gasteiger partial charge in [-0.15, -0.1) is 0 Å². The summed E-state index contributed by atoms with van der Waals surface area (Å²) in [5.41, 5.74) is 0.515. The fourth-order valence-electron chi connectivity index (χ4n) is 2.60. The summed E-state index contributed by atoms with van der Waals surface area (Å²) in [6.45, 7) is 2.56. The Bertz CT molecular complexity index is 981. The van der Waals surface area contributed by atoms with E-state index >= 15 is 0 Å². The molecule has 0 aliphatic rings. The number of benzene rings is 1. The van der Waals surface area contributed by atoms with Crippen LogP contribution in [0.3, 0.4) is 0 Å². The monoisotopic (exact) mass is 405 g/mol. The molecule has 3 rings (SSSR count). The number of amides is 2. The Morgan fingerprint density at radius 1 is 0.867 bits per heavy atom. The summed E-state index contributed by atoms with van der Waals surface area (Å²) in [6, 6.07) is 16.1. The molecule has 0 radical (unpaired) electrons. The summed E-state index contributed by atoms with van der Waals surface area (Å²) >= 11 is 0. The molecule has 2 heterocycles. The summed E-state index contributed by atoms with van der Waals surface area (Å²) < 4.78 is 0. The Kier molecular flexibility index (Phi) is 7.26. The van der Waals surface area contributed by atoms with Gasteiger partial charge in [0.15, 0.2) is 0 Å². The predicted molar refractivity (Wildman–Crippen MR) is 115 cm³/mol. The van der Waals surface area contributed by atoms with Crippen molar-refractivity contribution in [3.05, 3.63) is 72.2 Å². The Morgan fingerprint density at radius 2 is 1.63 bits per heavy atom. The number of aryl methyl sites for hydroxylation is 1. The average molecular weight is 405 g/mol. The number of rotatable bonds is 9. The van der Waals surface area contributed by atoms with Crippen LogP contribution in [0.15, 0.2) is 60.8 Å². The molecule has 3 aromatic rings. The van der Waals surface area contributed by atoms with Gasteiger partial charge < -0.3 is 21.3 Å². The lowest BCUT2D eigenvalue weighted by Gasteiger charge is -2.11. The first-order valence-corrected chi connectivity index (χ1v) is 9.48. The molecule has 0 saturated carbocycles. The van der Waals surface area contributed by atoms with Crippen LogP contribution >= 0.6 is 0 Å². The predicted octanol–water partition coefficient (Wildman–Crippen LogP) is 1.88. The van der Waals surface area contributed by atoms with Gasteiger partial charge in [-0.1, -0.05) is 24.3 Å². The topological polar surface area (TPSA) is 121 Å². The summed E-state index contributed by atoms with van der Waals surface area (Å²) in [7, 11) is 0. The van der Waals surface area contributed by atoms with Crippen molar-refractivity contribution in [2.45, 2.75) is 6.92 Å². The van der Waals surface area contributed by atoms with Crippen LogP contribution in [0.4, 0.5) is 17.5 Å². The molecular weight excluding hydrogens is 382 g/mol. The molecule has 2 aromatic heterocycles. The first kappa shape index (κ1) is 20.7. The minimum absolute atomic E-state index is 0.0848. The van der Waals surface area contributed by atoms with E-state index in [4.69, 9.17) is 0 Å². The molecule has 0 spiro atoms. The third-order valence-corrected chi connectivity index (χ3v) is 3.96. The third-order valence-electron chi connectivity index (χ3n) is 3.96. The summed E-state index contributed by atoms with van der Waals surface area (Å²) in [5.74, 6) is 1.99. The van der Waals surface area contributed by atoms with E-state index in [1.807, 2.05) is 24.3 Å². The highest BCUT2D eigenvalue weighted by atomic mass is 16.2. The average Bonchev–Trinajstić information content (AvgIpc) is 2.76. The van der Waals surface area contributed by atoms with Crippen LogP contribution in [0.1, 0.15) is 16.2 Å². The van der Waals surface area contributed by atoms with E-state index in [1.165, 1.54) is 0 Å². The standard InChI is InChI=1S/C21H23N7O2/c1-15-26-18(13-19(27-15)28-17-9-5-6-10-22-17)23-11-12-24-20(29)14-25-21(30)16-7-3-2-4-8-16/h2-10,13H,11-12,14H2,1H3,(H,24,29)(H,25,30)(H2,22,23,26,27,28). The molecule has 154 valence electrons. The van der Waals surface area contributed by atoms with Gasteiger partial charge in [0.25, 0.3) is 5.91 Å². The van der Waals surface area contributed by atoms with E-state index in [0.29, 0.717) is 41.9 Å². The fourth-order valence-corrected chi connectivity index (χ4v) is 2.60. The quantitative estimate of drug-likeness (QED) is 0.401. The minimum atomic E-state index is -0.284. The van der Waals surface area contributed by atoms with Crippen molar-refractivity contribution in [2.24, 2.45) is 0 Å². The Morgan fingerprint density at radius 3 is 2.40 bits per heavy atom. The van der Waals surface area contributed by atoms with Crippen LogP contribution in [0, 0.1) is 6.92 Å². The third kappa shape index (κ3) is 6.55. The van der Waals surface area contributed by atoms with Crippen LogP contribution in [0.25, 0.3) is 0 Å². The van der Waals surface area contributed by atoms with Crippen LogP contribution < -0.4 is 21.3 Å². The SMILES string of the molecule is Cc1nc(NCCNC(=O)CNC(=O)c2ccccc2)cc(Nc2ccccn2)n1. The molecule has 0 fully saturated rings. The number of anilines is 3. The summed E-state index contributed by atoms with van der Waals surface area (Å²) in [5, 5.41) is 11.6. The van der Waals surface area contributed by atoms with Gasteiger partial charge in [-0.3, -0.25) is 9.59 Å². The molecule has 30 heavy (non-hydrogen) atoms. The van der Waals surface area contributed by atoms with Gasteiger partial charge in [0.2, 0.25) is 5.91 Å². The Hall–Kier alpha value is -4.01. The molecule has 2 amide bonds. The number of nitrogens with zero attached hydrogens (tertiary/aromatic N) is 3. The van der Waals surface area contributed by atoms with Crippen LogP contribution in [-0.4, -0.2) is 46.4 Å². The van der Waals surface area contributed by atoms with E-state index in [9.17, 15) is 9.59 Å². The van der Waals surface area contributed by atoms with Gasteiger partial charge in [0.05, 0.1) is 6.54 Å². The normalized spacial score (nSPS) is 10.2. The number of nitrogens with one attached hydrogen (secondary N) is 4. The molecule has 0 atom stereocenters. The Balaban J connectivity index is 1.40. The van der Waals surface area contributed by atoms with E-state index in [2.05, 4.69) is 36.2 Å².